The van der Waals surface area contributed by atoms with Crippen molar-refractivity contribution in [3.63, 3.8) is 0 Å². The van der Waals surface area contributed by atoms with E-state index in [1.54, 1.807) is 12.0 Å². The van der Waals surface area contributed by atoms with Crippen molar-refractivity contribution in [3.05, 3.63) is 29.8 Å². The van der Waals surface area contributed by atoms with E-state index in [9.17, 15) is 4.79 Å². The van der Waals surface area contributed by atoms with Crippen LogP contribution < -0.4 is 4.74 Å². The molecule has 0 spiro atoms. The zero-order valence-electron chi connectivity index (χ0n) is 11.8. The predicted molar refractivity (Wildman–Crippen MR) is 73.5 cm³/mol. The van der Waals surface area contributed by atoms with Gasteiger partial charge < -0.3 is 9.64 Å². The highest BCUT2D eigenvalue weighted by atomic mass is 16.5. The van der Waals surface area contributed by atoms with Gasteiger partial charge in [-0.1, -0.05) is 26.0 Å². The van der Waals surface area contributed by atoms with Crippen molar-refractivity contribution in [3.8, 4) is 5.75 Å². The minimum atomic E-state index is 0.139. The summed E-state index contributed by atoms with van der Waals surface area (Å²) in [4.78, 5) is 14.0. The van der Waals surface area contributed by atoms with Crippen molar-refractivity contribution < 1.29 is 9.53 Å². The highest BCUT2D eigenvalue weighted by molar-refractivity contribution is 5.78. The van der Waals surface area contributed by atoms with Gasteiger partial charge in [-0.25, -0.2) is 0 Å². The van der Waals surface area contributed by atoms with Gasteiger partial charge >= 0.3 is 0 Å². The zero-order chi connectivity index (χ0) is 13.5. The van der Waals surface area contributed by atoms with E-state index in [1.807, 2.05) is 31.3 Å². The number of rotatable bonds is 6. The van der Waals surface area contributed by atoms with E-state index in [0.717, 1.165) is 24.2 Å². The molecule has 0 aromatic heterocycles. The SMILES string of the molecule is CCC(CC)C(=O)N(C)Cc1cccc(OC)c1. The maximum atomic E-state index is 12.2. The normalized spacial score (nSPS) is 10.5. The smallest absolute Gasteiger partial charge is 0.225 e. The first-order chi connectivity index (χ1) is 8.62. The second kappa shape index (κ2) is 7.04. The first-order valence-electron chi connectivity index (χ1n) is 6.50. The molecule has 0 bridgehead atoms. The van der Waals surface area contributed by atoms with Crippen LogP contribution in [0.15, 0.2) is 24.3 Å². The van der Waals surface area contributed by atoms with Crippen LogP contribution in [0.3, 0.4) is 0 Å². The molecule has 0 aliphatic heterocycles. The highest BCUT2D eigenvalue weighted by Gasteiger charge is 2.18. The molecule has 1 aromatic carbocycles. The molecule has 0 fully saturated rings. The molecule has 0 saturated heterocycles. The molecule has 100 valence electrons. The summed E-state index contributed by atoms with van der Waals surface area (Å²) >= 11 is 0. The van der Waals surface area contributed by atoms with Gasteiger partial charge in [0, 0.05) is 19.5 Å². The van der Waals surface area contributed by atoms with Crippen molar-refractivity contribution in [2.24, 2.45) is 5.92 Å². The summed E-state index contributed by atoms with van der Waals surface area (Å²) < 4.78 is 5.18. The molecule has 1 amide bonds. The van der Waals surface area contributed by atoms with Gasteiger partial charge in [-0.2, -0.15) is 0 Å². The van der Waals surface area contributed by atoms with Gasteiger partial charge in [-0.15, -0.1) is 0 Å². The Kier molecular flexibility index (Phi) is 5.69. The first kappa shape index (κ1) is 14.6. The zero-order valence-corrected chi connectivity index (χ0v) is 11.8. The van der Waals surface area contributed by atoms with E-state index >= 15 is 0 Å². The van der Waals surface area contributed by atoms with Gasteiger partial charge in [0.2, 0.25) is 5.91 Å². The van der Waals surface area contributed by atoms with Crippen molar-refractivity contribution in [1.82, 2.24) is 4.90 Å². The lowest BCUT2D eigenvalue weighted by Gasteiger charge is -2.22. The van der Waals surface area contributed by atoms with Crippen LogP contribution in [0.1, 0.15) is 32.3 Å². The van der Waals surface area contributed by atoms with E-state index in [1.165, 1.54) is 0 Å². The Labute approximate surface area is 110 Å². The fraction of sp³-hybridized carbons (Fsp3) is 0.533. The van der Waals surface area contributed by atoms with Gasteiger partial charge in [0.1, 0.15) is 5.75 Å². The van der Waals surface area contributed by atoms with Crippen LogP contribution in [-0.4, -0.2) is 25.0 Å². The lowest BCUT2D eigenvalue weighted by atomic mass is 10.0. The molecule has 0 heterocycles. The summed E-state index contributed by atoms with van der Waals surface area (Å²) in [7, 11) is 3.51. The minimum Gasteiger partial charge on any atom is -0.497 e. The molecule has 0 atom stereocenters. The number of carbonyl (C=O) groups excluding carboxylic acids is 1. The highest BCUT2D eigenvalue weighted by Crippen LogP contribution is 2.16. The summed E-state index contributed by atoms with van der Waals surface area (Å²) in [6, 6.07) is 7.84. The maximum absolute atomic E-state index is 12.2. The van der Waals surface area contributed by atoms with E-state index in [2.05, 4.69) is 13.8 Å². The summed E-state index contributed by atoms with van der Waals surface area (Å²) in [5.41, 5.74) is 1.09. The van der Waals surface area contributed by atoms with Crippen molar-refractivity contribution in [2.75, 3.05) is 14.2 Å². The fourth-order valence-electron chi connectivity index (χ4n) is 2.07. The summed E-state index contributed by atoms with van der Waals surface area (Å²) in [6.07, 6.45) is 1.80. The summed E-state index contributed by atoms with van der Waals surface area (Å²) in [5, 5.41) is 0. The Morgan fingerprint density at radius 2 is 2.00 bits per heavy atom. The number of hydrogen-bond acceptors (Lipinski definition) is 2. The number of hydrogen-bond donors (Lipinski definition) is 0. The average Bonchev–Trinajstić information content (AvgIpc) is 2.40. The number of amides is 1. The lowest BCUT2D eigenvalue weighted by molar-refractivity contribution is -0.134. The molecule has 0 saturated carbocycles. The molecule has 1 aromatic rings. The van der Waals surface area contributed by atoms with Crippen LogP contribution >= 0.6 is 0 Å². The van der Waals surface area contributed by atoms with Gasteiger partial charge in [-0.3, -0.25) is 4.79 Å². The minimum absolute atomic E-state index is 0.139. The number of benzene rings is 1. The molecule has 3 nitrogen and oxygen atoms in total. The largest absolute Gasteiger partial charge is 0.497 e. The molecule has 0 aliphatic rings. The van der Waals surface area contributed by atoms with Crippen LogP contribution in [0.4, 0.5) is 0 Å². The molecule has 0 unspecified atom stereocenters. The topological polar surface area (TPSA) is 29.5 Å². The molecule has 0 radical (unpaired) electrons. The summed E-state index contributed by atoms with van der Waals surface area (Å²) in [6.45, 7) is 4.75. The third kappa shape index (κ3) is 3.76. The average molecular weight is 249 g/mol. The molecule has 18 heavy (non-hydrogen) atoms. The Morgan fingerprint density at radius 3 is 2.56 bits per heavy atom. The quantitative estimate of drug-likeness (QED) is 0.775. The first-order valence-corrected chi connectivity index (χ1v) is 6.50. The van der Waals surface area contributed by atoms with Crippen LogP contribution in [0.2, 0.25) is 0 Å². The third-order valence-electron chi connectivity index (χ3n) is 3.26. The number of carbonyl (C=O) groups is 1. The van der Waals surface area contributed by atoms with Gasteiger partial charge in [0.05, 0.1) is 7.11 Å². The Hall–Kier alpha value is -1.51. The second-order valence-corrected chi connectivity index (χ2v) is 4.56. The monoisotopic (exact) mass is 249 g/mol. The van der Waals surface area contributed by atoms with Gasteiger partial charge in [0.25, 0.3) is 0 Å². The Bertz CT molecular complexity index is 386. The maximum Gasteiger partial charge on any atom is 0.225 e. The van der Waals surface area contributed by atoms with E-state index < -0.39 is 0 Å². The number of ether oxygens (including phenoxy) is 1. The van der Waals surface area contributed by atoms with Crippen LogP contribution in [0.25, 0.3) is 0 Å². The molecule has 0 N–H and O–H groups in total. The summed E-state index contributed by atoms with van der Waals surface area (Å²) in [5.74, 6) is 1.19. The predicted octanol–water partition coefficient (Wildman–Crippen LogP) is 3.09. The van der Waals surface area contributed by atoms with E-state index in [4.69, 9.17) is 4.74 Å². The second-order valence-electron chi connectivity index (χ2n) is 4.56. The Balaban J connectivity index is 2.68. The molecule has 3 heteroatoms. The standard InChI is InChI=1S/C15H23NO2/c1-5-13(6-2)15(17)16(3)11-12-8-7-9-14(10-12)18-4/h7-10,13H,5-6,11H2,1-4H3. The van der Waals surface area contributed by atoms with E-state index in [0.29, 0.717) is 6.54 Å². The number of nitrogens with zero attached hydrogens (tertiary/aromatic N) is 1. The van der Waals surface area contributed by atoms with Crippen molar-refractivity contribution in [2.45, 2.75) is 33.2 Å². The van der Waals surface area contributed by atoms with Gasteiger partial charge in [0.15, 0.2) is 0 Å². The molecular weight excluding hydrogens is 226 g/mol. The van der Waals surface area contributed by atoms with Crippen LogP contribution in [-0.2, 0) is 11.3 Å². The molecule has 1 rings (SSSR count). The van der Waals surface area contributed by atoms with Crippen molar-refractivity contribution in [1.29, 1.82) is 0 Å². The third-order valence-corrected chi connectivity index (χ3v) is 3.26. The van der Waals surface area contributed by atoms with Crippen LogP contribution in [0.5, 0.6) is 5.75 Å². The molecular formula is C15H23NO2. The molecule has 0 aliphatic carbocycles. The Morgan fingerprint density at radius 1 is 1.33 bits per heavy atom. The lowest BCUT2D eigenvalue weighted by Crippen LogP contribution is -2.32. The number of methoxy groups -OCH3 is 1. The van der Waals surface area contributed by atoms with Gasteiger partial charge in [-0.05, 0) is 30.5 Å². The van der Waals surface area contributed by atoms with E-state index in [-0.39, 0.29) is 11.8 Å². The van der Waals surface area contributed by atoms with Crippen molar-refractivity contribution >= 4 is 5.91 Å². The fourth-order valence-corrected chi connectivity index (χ4v) is 2.07. The van der Waals surface area contributed by atoms with Crippen LogP contribution in [0, 0.1) is 5.92 Å².